The molecule has 1 N–H and O–H groups in total. The van der Waals surface area contributed by atoms with E-state index in [0.717, 1.165) is 0 Å². The zero-order valence-corrected chi connectivity index (χ0v) is 10.1. The minimum absolute atomic E-state index is 0.169. The Kier molecular flexibility index (Phi) is 2.42. The molecule has 0 aromatic heterocycles. The van der Waals surface area contributed by atoms with E-state index in [1.807, 2.05) is 6.07 Å². The minimum Gasteiger partial charge on any atom is -0.283 e. The SMILES string of the molecule is N=C1c2ccccc2C(=O)N1c1ccc(Cl)cc1. The van der Waals surface area contributed by atoms with E-state index in [0.29, 0.717) is 21.8 Å². The highest BCUT2D eigenvalue weighted by Gasteiger charge is 2.33. The van der Waals surface area contributed by atoms with Crippen molar-refractivity contribution < 1.29 is 4.79 Å². The van der Waals surface area contributed by atoms with Crippen molar-refractivity contribution in [3.63, 3.8) is 0 Å². The number of hydrogen-bond donors (Lipinski definition) is 1. The van der Waals surface area contributed by atoms with Gasteiger partial charge in [0.1, 0.15) is 5.84 Å². The largest absolute Gasteiger partial charge is 0.283 e. The number of anilines is 1. The van der Waals surface area contributed by atoms with Crippen LogP contribution in [0.5, 0.6) is 0 Å². The van der Waals surface area contributed by atoms with E-state index in [-0.39, 0.29) is 11.7 Å². The fourth-order valence-corrected chi connectivity index (χ4v) is 2.18. The lowest BCUT2D eigenvalue weighted by atomic mass is 10.1. The van der Waals surface area contributed by atoms with E-state index in [2.05, 4.69) is 0 Å². The maximum Gasteiger partial charge on any atom is 0.264 e. The normalized spacial score (nSPS) is 13.9. The number of rotatable bonds is 1. The standard InChI is InChI=1S/C14H9ClN2O/c15-9-5-7-10(8-6-9)17-13(16)11-3-1-2-4-12(11)14(17)18/h1-8,16H. The lowest BCUT2D eigenvalue weighted by Gasteiger charge is -2.15. The number of nitrogens with zero attached hydrogens (tertiary/aromatic N) is 1. The Morgan fingerprint density at radius 3 is 2.17 bits per heavy atom. The van der Waals surface area contributed by atoms with Gasteiger partial charge in [0.15, 0.2) is 0 Å². The van der Waals surface area contributed by atoms with E-state index in [1.54, 1.807) is 42.5 Å². The maximum absolute atomic E-state index is 12.2. The molecule has 0 fully saturated rings. The topological polar surface area (TPSA) is 44.2 Å². The summed E-state index contributed by atoms with van der Waals surface area (Å²) in [6.45, 7) is 0. The van der Waals surface area contributed by atoms with E-state index in [4.69, 9.17) is 17.0 Å². The third kappa shape index (κ3) is 1.52. The second-order valence-corrected chi connectivity index (χ2v) is 4.45. The molecule has 0 spiro atoms. The van der Waals surface area contributed by atoms with Crippen LogP contribution in [-0.4, -0.2) is 11.7 Å². The molecule has 3 rings (SSSR count). The summed E-state index contributed by atoms with van der Waals surface area (Å²) >= 11 is 5.82. The number of carbonyl (C=O) groups is 1. The molecule has 0 bridgehead atoms. The Bertz CT molecular complexity index is 614. The van der Waals surface area contributed by atoms with Crippen molar-refractivity contribution in [3.05, 3.63) is 64.7 Å². The molecule has 1 aliphatic rings. The zero-order chi connectivity index (χ0) is 12.7. The van der Waals surface area contributed by atoms with Gasteiger partial charge in [0, 0.05) is 10.6 Å². The average molecular weight is 257 g/mol. The molecule has 1 heterocycles. The first-order valence-electron chi connectivity index (χ1n) is 5.46. The van der Waals surface area contributed by atoms with E-state index < -0.39 is 0 Å². The predicted molar refractivity (Wildman–Crippen MR) is 71.5 cm³/mol. The number of nitrogens with one attached hydrogen (secondary N) is 1. The smallest absolute Gasteiger partial charge is 0.264 e. The van der Waals surface area contributed by atoms with Gasteiger partial charge in [-0.2, -0.15) is 0 Å². The first-order valence-corrected chi connectivity index (χ1v) is 5.84. The first-order chi connectivity index (χ1) is 8.68. The molecule has 2 aromatic rings. The zero-order valence-electron chi connectivity index (χ0n) is 9.35. The van der Waals surface area contributed by atoms with Crippen LogP contribution in [0.2, 0.25) is 5.02 Å². The lowest BCUT2D eigenvalue weighted by molar-refractivity contribution is 0.101. The van der Waals surface area contributed by atoms with Gasteiger partial charge in [0.25, 0.3) is 5.91 Å². The van der Waals surface area contributed by atoms with Gasteiger partial charge >= 0.3 is 0 Å². The van der Waals surface area contributed by atoms with Crippen LogP contribution in [0, 0.1) is 5.41 Å². The van der Waals surface area contributed by atoms with Crippen LogP contribution in [0.25, 0.3) is 0 Å². The third-order valence-corrected chi connectivity index (χ3v) is 3.18. The molecule has 0 aliphatic carbocycles. The van der Waals surface area contributed by atoms with Crippen molar-refractivity contribution in [1.29, 1.82) is 5.41 Å². The molecular formula is C14H9ClN2O. The molecule has 18 heavy (non-hydrogen) atoms. The van der Waals surface area contributed by atoms with Crippen LogP contribution in [0.15, 0.2) is 48.5 Å². The molecule has 3 nitrogen and oxygen atoms in total. The number of halogens is 1. The van der Waals surface area contributed by atoms with Gasteiger partial charge < -0.3 is 0 Å². The van der Waals surface area contributed by atoms with Gasteiger partial charge in [0.2, 0.25) is 0 Å². The van der Waals surface area contributed by atoms with E-state index >= 15 is 0 Å². The van der Waals surface area contributed by atoms with Crippen molar-refractivity contribution in [1.82, 2.24) is 0 Å². The molecular weight excluding hydrogens is 248 g/mol. The van der Waals surface area contributed by atoms with Crippen molar-refractivity contribution in [3.8, 4) is 0 Å². The van der Waals surface area contributed by atoms with E-state index in [1.165, 1.54) is 4.90 Å². The molecule has 0 atom stereocenters. The second kappa shape index (κ2) is 3.96. The molecule has 1 aliphatic heterocycles. The van der Waals surface area contributed by atoms with Crippen LogP contribution < -0.4 is 4.90 Å². The fraction of sp³-hybridized carbons (Fsp3) is 0. The summed E-state index contributed by atoms with van der Waals surface area (Å²) in [5.41, 5.74) is 1.89. The molecule has 1 amide bonds. The minimum atomic E-state index is -0.169. The van der Waals surface area contributed by atoms with Gasteiger partial charge in [-0.05, 0) is 30.3 Å². The van der Waals surface area contributed by atoms with Crippen LogP contribution in [0.4, 0.5) is 5.69 Å². The highest BCUT2D eigenvalue weighted by Crippen LogP contribution is 2.28. The number of benzene rings is 2. The summed E-state index contributed by atoms with van der Waals surface area (Å²) in [4.78, 5) is 13.6. The number of amidine groups is 1. The van der Waals surface area contributed by atoms with Crippen molar-refractivity contribution in [2.75, 3.05) is 4.90 Å². The molecule has 0 saturated carbocycles. The summed E-state index contributed by atoms with van der Waals surface area (Å²) in [5, 5.41) is 8.69. The molecule has 0 unspecified atom stereocenters. The van der Waals surface area contributed by atoms with Crippen molar-refractivity contribution in [2.24, 2.45) is 0 Å². The Balaban J connectivity index is 2.09. The van der Waals surface area contributed by atoms with Gasteiger partial charge in [0.05, 0.1) is 11.3 Å². The maximum atomic E-state index is 12.2. The Labute approximate surface area is 109 Å². The van der Waals surface area contributed by atoms with Crippen LogP contribution >= 0.6 is 11.6 Å². The van der Waals surface area contributed by atoms with Crippen LogP contribution in [0.3, 0.4) is 0 Å². The Hall–Kier alpha value is -2.13. The summed E-state index contributed by atoms with van der Waals surface area (Å²) in [7, 11) is 0. The predicted octanol–water partition coefficient (Wildman–Crippen LogP) is 3.33. The summed E-state index contributed by atoms with van der Waals surface area (Å²) in [6, 6.07) is 14.0. The Morgan fingerprint density at radius 1 is 0.944 bits per heavy atom. The third-order valence-electron chi connectivity index (χ3n) is 2.92. The molecule has 2 aromatic carbocycles. The summed E-state index contributed by atoms with van der Waals surface area (Å²) < 4.78 is 0. The van der Waals surface area contributed by atoms with Crippen LogP contribution in [-0.2, 0) is 0 Å². The van der Waals surface area contributed by atoms with Crippen molar-refractivity contribution >= 4 is 29.0 Å². The number of carbonyl (C=O) groups excluding carboxylic acids is 1. The van der Waals surface area contributed by atoms with Gasteiger partial charge in [-0.3, -0.25) is 15.1 Å². The van der Waals surface area contributed by atoms with Crippen molar-refractivity contribution in [2.45, 2.75) is 0 Å². The Morgan fingerprint density at radius 2 is 1.56 bits per heavy atom. The van der Waals surface area contributed by atoms with Gasteiger partial charge in [-0.25, -0.2) is 0 Å². The summed E-state index contributed by atoms with van der Waals surface area (Å²) in [6.07, 6.45) is 0. The quantitative estimate of drug-likeness (QED) is 0.836. The molecule has 0 radical (unpaired) electrons. The molecule has 88 valence electrons. The monoisotopic (exact) mass is 256 g/mol. The highest BCUT2D eigenvalue weighted by molar-refractivity contribution is 6.35. The van der Waals surface area contributed by atoms with Gasteiger partial charge in [-0.15, -0.1) is 0 Å². The number of amides is 1. The fourth-order valence-electron chi connectivity index (χ4n) is 2.06. The lowest BCUT2D eigenvalue weighted by Crippen LogP contribution is -2.29. The highest BCUT2D eigenvalue weighted by atomic mass is 35.5. The van der Waals surface area contributed by atoms with Gasteiger partial charge in [-0.1, -0.05) is 29.8 Å². The van der Waals surface area contributed by atoms with Crippen LogP contribution in [0.1, 0.15) is 15.9 Å². The van der Waals surface area contributed by atoms with E-state index in [9.17, 15) is 4.79 Å². The molecule has 4 heteroatoms. The summed E-state index contributed by atoms with van der Waals surface area (Å²) in [5.74, 6) is 0.0378. The number of hydrogen-bond acceptors (Lipinski definition) is 2. The second-order valence-electron chi connectivity index (χ2n) is 4.01. The number of fused-ring (bicyclic) bond motifs is 1. The average Bonchev–Trinajstić information content (AvgIpc) is 2.64. The first kappa shape index (κ1) is 11.0. The molecule has 0 saturated heterocycles.